The largest absolute Gasteiger partial charge is 0.480 e. The molecule has 2 aliphatic heterocycles. The molecule has 0 spiro atoms. The molecule has 2 heterocycles. The van der Waals surface area contributed by atoms with Crippen molar-refractivity contribution in [3.05, 3.63) is 48.0 Å². The third-order valence-electron chi connectivity index (χ3n) is 14.2. The van der Waals surface area contributed by atoms with Crippen LogP contribution in [-0.2, 0) is 54.3 Å². The number of carboxylic acids is 1. The van der Waals surface area contributed by atoms with Gasteiger partial charge in [-0.1, -0.05) is 98.6 Å². The average molecular weight is 953 g/mol. The minimum absolute atomic E-state index is 0.0421. The van der Waals surface area contributed by atoms with E-state index in [9.17, 15) is 43.5 Å². The molecule has 1 saturated heterocycles. The molecule has 1 unspecified atom stereocenters. The van der Waals surface area contributed by atoms with Gasteiger partial charge in [0, 0.05) is 65.9 Å². The predicted octanol–water partition coefficient (Wildman–Crippen LogP) is 4.46. The van der Waals surface area contributed by atoms with Gasteiger partial charge in [-0.2, -0.15) is 0 Å². The number of nitrogens with one attached hydrogen (secondary N) is 2. The van der Waals surface area contributed by atoms with Crippen molar-refractivity contribution in [1.29, 1.82) is 0 Å². The van der Waals surface area contributed by atoms with E-state index in [4.69, 9.17) is 9.47 Å². The van der Waals surface area contributed by atoms with Gasteiger partial charge in [-0.15, -0.1) is 0 Å². The van der Waals surface area contributed by atoms with Crippen LogP contribution in [0.25, 0.3) is 0 Å². The van der Waals surface area contributed by atoms with Gasteiger partial charge in [0.15, 0.2) is 0 Å². The van der Waals surface area contributed by atoms with Crippen molar-refractivity contribution in [2.24, 2.45) is 29.6 Å². The van der Waals surface area contributed by atoms with Gasteiger partial charge in [0.2, 0.25) is 29.5 Å². The van der Waals surface area contributed by atoms with Gasteiger partial charge in [-0.25, -0.2) is 4.79 Å². The lowest BCUT2D eigenvalue weighted by molar-refractivity contribution is -0.150. The second-order valence-electron chi connectivity index (χ2n) is 19.6. The molecule has 3 N–H and O–H groups in total. The number of carbonyl (C=O) groups excluding carboxylic acids is 7. The first-order valence-corrected chi connectivity index (χ1v) is 24.3. The van der Waals surface area contributed by atoms with E-state index in [-0.39, 0.29) is 85.1 Å². The van der Waals surface area contributed by atoms with E-state index in [1.165, 1.54) is 36.2 Å². The topological polar surface area (TPSA) is 212 Å². The van der Waals surface area contributed by atoms with Gasteiger partial charge in [0.1, 0.15) is 18.1 Å². The summed E-state index contributed by atoms with van der Waals surface area (Å²) in [7, 11) is 6.23. The molecule has 0 aromatic heterocycles. The summed E-state index contributed by atoms with van der Waals surface area (Å²) in [6.07, 6.45) is 3.94. The van der Waals surface area contributed by atoms with Crippen LogP contribution in [0.4, 0.5) is 0 Å². The maximum atomic E-state index is 14.7. The molecule has 17 heteroatoms. The minimum atomic E-state index is -1.17. The molecular weight excluding hydrogens is 873 g/mol. The van der Waals surface area contributed by atoms with E-state index in [0.717, 1.165) is 5.56 Å². The van der Waals surface area contributed by atoms with Crippen LogP contribution >= 0.6 is 0 Å². The molecule has 1 aromatic carbocycles. The first-order valence-electron chi connectivity index (χ1n) is 24.3. The van der Waals surface area contributed by atoms with Crippen LogP contribution in [0, 0.1) is 29.6 Å². The van der Waals surface area contributed by atoms with Crippen LogP contribution in [0.2, 0.25) is 0 Å². The van der Waals surface area contributed by atoms with Crippen molar-refractivity contribution < 1.29 is 52.9 Å². The zero-order valence-corrected chi connectivity index (χ0v) is 42.7. The SMILES string of the molecule is CC[C@H](C)[C@@H]([C@@H](CC(=O)N1C(C)[C@@H](C)C[C@H]1[C@H](OC)[C@@H](C)C(=O)N[C@@H](Cc1ccccc1)C(=O)O)OC)N(C)C(=O)[C@@H](NC(=O)[C@H](C(C)C)N(C)C(=O)CCCCCN1C(=O)C=CC1=O)C(C)C. The molecular formula is C51H80N6O11. The Kier molecular flexibility index (Phi) is 22.3. The lowest BCUT2D eigenvalue weighted by Gasteiger charge is -2.41. The fraction of sp³-hybridized carbons (Fsp3) is 0.686. The van der Waals surface area contributed by atoms with Crippen LogP contribution in [0.3, 0.4) is 0 Å². The van der Waals surface area contributed by atoms with Gasteiger partial charge < -0.3 is 39.9 Å². The van der Waals surface area contributed by atoms with Crippen molar-refractivity contribution in [2.75, 3.05) is 34.9 Å². The Bertz CT molecular complexity index is 1910. The molecule has 11 atom stereocenters. The zero-order valence-electron chi connectivity index (χ0n) is 42.7. The molecule has 1 fully saturated rings. The molecule has 1 aromatic rings. The number of methoxy groups -OCH3 is 2. The van der Waals surface area contributed by atoms with Crippen molar-refractivity contribution in [1.82, 2.24) is 30.2 Å². The number of carboxylic acid groups (broad SMARTS) is 1. The lowest BCUT2D eigenvalue weighted by atomic mass is 9.89. The van der Waals surface area contributed by atoms with Gasteiger partial charge in [-0.3, -0.25) is 38.5 Å². The second kappa shape index (κ2) is 26.6. The molecule has 17 nitrogen and oxygen atoms in total. The monoisotopic (exact) mass is 953 g/mol. The van der Waals surface area contributed by atoms with Crippen molar-refractivity contribution in [2.45, 2.75) is 162 Å². The lowest BCUT2D eigenvalue weighted by Crippen LogP contribution is -2.60. The summed E-state index contributed by atoms with van der Waals surface area (Å²) >= 11 is 0. The Labute approximate surface area is 404 Å². The van der Waals surface area contributed by atoms with Crippen LogP contribution in [0.15, 0.2) is 42.5 Å². The number of benzene rings is 1. The fourth-order valence-electron chi connectivity index (χ4n) is 9.78. The fourth-order valence-corrected chi connectivity index (χ4v) is 9.78. The predicted molar refractivity (Wildman–Crippen MR) is 257 cm³/mol. The maximum Gasteiger partial charge on any atom is 0.326 e. The number of rotatable bonds is 27. The Morgan fingerprint density at radius 1 is 0.824 bits per heavy atom. The Morgan fingerprint density at radius 2 is 1.44 bits per heavy atom. The first-order chi connectivity index (χ1) is 32.0. The van der Waals surface area contributed by atoms with E-state index < -0.39 is 66.1 Å². The van der Waals surface area contributed by atoms with E-state index in [1.54, 1.807) is 55.1 Å². The highest BCUT2D eigenvalue weighted by Crippen LogP contribution is 2.36. The highest BCUT2D eigenvalue weighted by atomic mass is 16.5. The van der Waals surface area contributed by atoms with Crippen molar-refractivity contribution in [3.63, 3.8) is 0 Å². The third-order valence-corrected chi connectivity index (χ3v) is 14.2. The highest BCUT2D eigenvalue weighted by Gasteiger charge is 2.48. The molecule has 2 aliphatic rings. The van der Waals surface area contributed by atoms with E-state index >= 15 is 0 Å². The summed E-state index contributed by atoms with van der Waals surface area (Å²) in [5, 5.41) is 15.7. The van der Waals surface area contributed by atoms with E-state index in [0.29, 0.717) is 32.1 Å². The van der Waals surface area contributed by atoms with Crippen LogP contribution in [0.5, 0.6) is 0 Å². The summed E-state index contributed by atoms with van der Waals surface area (Å²) < 4.78 is 12.1. The summed E-state index contributed by atoms with van der Waals surface area (Å²) in [4.78, 5) is 113. The van der Waals surface area contributed by atoms with Crippen LogP contribution in [-0.4, -0.2) is 155 Å². The number of hydrogen-bond acceptors (Lipinski definition) is 10. The number of likely N-dealkylation sites (N-methyl/N-ethyl adjacent to an activating group) is 2. The van der Waals surface area contributed by atoms with E-state index in [2.05, 4.69) is 10.6 Å². The number of likely N-dealkylation sites (tertiary alicyclic amines) is 1. The first kappa shape index (κ1) is 57.2. The normalized spacial score (nSPS) is 20.7. The second-order valence-corrected chi connectivity index (χ2v) is 19.6. The summed E-state index contributed by atoms with van der Waals surface area (Å²) in [6.45, 7) is 17.3. The van der Waals surface area contributed by atoms with Crippen LogP contribution in [0.1, 0.15) is 113 Å². The Balaban J connectivity index is 1.77. The van der Waals surface area contributed by atoms with Crippen molar-refractivity contribution in [3.8, 4) is 0 Å². The molecule has 0 aliphatic carbocycles. The number of nitrogens with zero attached hydrogens (tertiary/aromatic N) is 4. The minimum Gasteiger partial charge on any atom is -0.480 e. The molecule has 0 radical (unpaired) electrons. The van der Waals surface area contributed by atoms with Crippen LogP contribution < -0.4 is 10.6 Å². The summed E-state index contributed by atoms with van der Waals surface area (Å²) in [6, 6.07) is 4.66. The summed E-state index contributed by atoms with van der Waals surface area (Å²) in [5.74, 6) is -5.27. The highest BCUT2D eigenvalue weighted by molar-refractivity contribution is 6.12. The standard InChI is InChI=1S/C51H80N6O11/c1-14-32(6)46(55(11)50(64)44(30(2)3)53-49(63)45(31(4)5)54(10)40(58)23-19-16-20-26-56-41(59)24-25-42(56)60)39(67-12)29-43(61)57-35(9)33(7)27-38(57)47(68-13)34(8)48(62)52-37(51(65)66)28-36-21-17-15-18-22-36/h15,17-18,21-22,24-25,30-35,37-39,44-47H,14,16,19-20,23,26-29H2,1-13H3,(H,52,62)(H,53,63)(H,65,66)/t32-,33-,34+,35?,37-,38-,39+,44-,45-,46-,47+/m0/s1. The molecule has 3 rings (SSSR count). The number of hydrogen-bond donors (Lipinski definition) is 3. The number of ether oxygens (including phenoxy) is 2. The smallest absolute Gasteiger partial charge is 0.326 e. The van der Waals surface area contributed by atoms with Gasteiger partial charge in [0.05, 0.1) is 36.6 Å². The molecule has 68 heavy (non-hydrogen) atoms. The maximum absolute atomic E-state index is 14.7. The van der Waals surface area contributed by atoms with Gasteiger partial charge in [-0.05, 0) is 55.4 Å². The molecule has 0 saturated carbocycles. The summed E-state index contributed by atoms with van der Waals surface area (Å²) in [5.41, 5.74) is 0.760. The Morgan fingerprint density at radius 3 is 1.97 bits per heavy atom. The average Bonchev–Trinajstić information content (AvgIpc) is 3.78. The van der Waals surface area contributed by atoms with E-state index in [1.807, 2.05) is 61.5 Å². The zero-order chi connectivity index (χ0) is 51.2. The third kappa shape index (κ3) is 14.7. The number of imide groups is 1. The number of amides is 7. The molecule has 0 bridgehead atoms. The van der Waals surface area contributed by atoms with Gasteiger partial charge in [0.25, 0.3) is 11.8 Å². The molecule has 7 amide bonds. The quantitative estimate of drug-likeness (QED) is 0.0828. The van der Waals surface area contributed by atoms with Gasteiger partial charge >= 0.3 is 5.97 Å². The molecule has 380 valence electrons. The van der Waals surface area contributed by atoms with Crippen molar-refractivity contribution >= 4 is 47.3 Å². The Hall–Kier alpha value is -5.16. The number of carbonyl (C=O) groups is 8. The number of unbranched alkanes of at least 4 members (excludes halogenated alkanes) is 2. The number of aliphatic carboxylic acids is 1.